The molecule has 2 aromatic rings. The van der Waals surface area contributed by atoms with Gasteiger partial charge in [0.05, 0.1) is 12.7 Å². The Kier molecular flexibility index (Phi) is 4.93. The van der Waals surface area contributed by atoms with Crippen LogP contribution in [0.5, 0.6) is 5.75 Å². The molecular formula is C17H18FNO2. The van der Waals surface area contributed by atoms with Gasteiger partial charge in [0.25, 0.3) is 5.91 Å². The number of carbonyl (C=O) groups is 1. The van der Waals surface area contributed by atoms with Gasteiger partial charge >= 0.3 is 0 Å². The summed E-state index contributed by atoms with van der Waals surface area (Å²) < 4.78 is 18.6. The van der Waals surface area contributed by atoms with Crippen molar-refractivity contribution in [3.8, 4) is 5.75 Å². The highest BCUT2D eigenvalue weighted by atomic mass is 19.1. The van der Waals surface area contributed by atoms with E-state index in [0.717, 1.165) is 5.56 Å². The highest BCUT2D eigenvalue weighted by molar-refractivity contribution is 5.96. The topological polar surface area (TPSA) is 29.5 Å². The van der Waals surface area contributed by atoms with Crippen LogP contribution in [0, 0.1) is 5.82 Å². The lowest BCUT2D eigenvalue weighted by atomic mass is 10.1. The molecular weight excluding hydrogens is 269 g/mol. The molecule has 0 radical (unpaired) electrons. The van der Waals surface area contributed by atoms with Gasteiger partial charge in [-0.2, -0.15) is 0 Å². The third-order valence-electron chi connectivity index (χ3n) is 3.28. The predicted octanol–water partition coefficient (Wildman–Crippen LogP) is 3.50. The van der Waals surface area contributed by atoms with Gasteiger partial charge in [0.2, 0.25) is 0 Å². The molecule has 110 valence electrons. The number of rotatable bonds is 5. The number of nitrogens with zero attached hydrogens (tertiary/aromatic N) is 1. The molecule has 0 saturated heterocycles. The van der Waals surface area contributed by atoms with Crippen LogP contribution in [-0.4, -0.2) is 24.5 Å². The zero-order chi connectivity index (χ0) is 15.2. The first-order valence-electron chi connectivity index (χ1n) is 6.82. The Morgan fingerprint density at radius 3 is 2.52 bits per heavy atom. The Balaban J connectivity index is 2.26. The van der Waals surface area contributed by atoms with E-state index in [1.807, 2.05) is 37.3 Å². The second-order valence-electron chi connectivity index (χ2n) is 4.65. The molecule has 0 aliphatic rings. The van der Waals surface area contributed by atoms with Gasteiger partial charge < -0.3 is 9.64 Å². The number of halogens is 1. The summed E-state index contributed by atoms with van der Waals surface area (Å²) in [6.07, 6.45) is 0. The lowest BCUT2D eigenvalue weighted by Gasteiger charge is -2.22. The summed E-state index contributed by atoms with van der Waals surface area (Å²) in [6.45, 7) is 2.91. The number of methoxy groups -OCH3 is 1. The summed E-state index contributed by atoms with van der Waals surface area (Å²) in [4.78, 5) is 14.3. The smallest absolute Gasteiger partial charge is 0.258 e. The highest BCUT2D eigenvalue weighted by Crippen LogP contribution is 2.22. The molecule has 0 heterocycles. The Morgan fingerprint density at radius 1 is 1.19 bits per heavy atom. The number of hydrogen-bond donors (Lipinski definition) is 0. The van der Waals surface area contributed by atoms with Gasteiger partial charge in [-0.1, -0.05) is 30.3 Å². The molecule has 21 heavy (non-hydrogen) atoms. The van der Waals surface area contributed by atoms with Crippen molar-refractivity contribution in [1.82, 2.24) is 4.90 Å². The molecule has 4 heteroatoms. The van der Waals surface area contributed by atoms with E-state index in [4.69, 9.17) is 4.74 Å². The Bertz CT molecular complexity index is 613. The third-order valence-corrected chi connectivity index (χ3v) is 3.28. The second-order valence-corrected chi connectivity index (χ2v) is 4.65. The van der Waals surface area contributed by atoms with Crippen molar-refractivity contribution in [3.63, 3.8) is 0 Å². The van der Waals surface area contributed by atoms with Crippen molar-refractivity contribution in [2.45, 2.75) is 13.5 Å². The molecule has 0 aromatic heterocycles. The number of ether oxygens (including phenoxy) is 1. The maximum Gasteiger partial charge on any atom is 0.258 e. The molecule has 0 aliphatic carbocycles. The van der Waals surface area contributed by atoms with Crippen molar-refractivity contribution >= 4 is 5.91 Å². The average Bonchev–Trinajstić information content (AvgIpc) is 2.53. The first kappa shape index (κ1) is 15.0. The Labute approximate surface area is 124 Å². The molecule has 0 atom stereocenters. The fourth-order valence-electron chi connectivity index (χ4n) is 2.15. The lowest BCUT2D eigenvalue weighted by Crippen LogP contribution is -2.30. The molecule has 2 aromatic carbocycles. The van der Waals surface area contributed by atoms with E-state index < -0.39 is 5.82 Å². The summed E-state index contributed by atoms with van der Waals surface area (Å²) in [7, 11) is 1.47. The van der Waals surface area contributed by atoms with Crippen LogP contribution < -0.4 is 4.74 Å². The minimum Gasteiger partial charge on any atom is -0.496 e. The Morgan fingerprint density at radius 2 is 1.90 bits per heavy atom. The van der Waals surface area contributed by atoms with Gasteiger partial charge in [0.15, 0.2) is 0 Å². The SMILES string of the molecule is CCN(Cc1ccccc1)C(=O)c1cc(F)ccc1OC. The monoisotopic (exact) mass is 287 g/mol. The van der Waals surface area contributed by atoms with Crippen LogP contribution in [0.15, 0.2) is 48.5 Å². The average molecular weight is 287 g/mol. The minimum absolute atomic E-state index is 0.238. The molecule has 2 rings (SSSR count). The standard InChI is InChI=1S/C17H18FNO2/c1-3-19(12-13-7-5-4-6-8-13)17(20)15-11-14(18)9-10-16(15)21-2/h4-11H,3,12H2,1-2H3. The maximum absolute atomic E-state index is 13.4. The lowest BCUT2D eigenvalue weighted by molar-refractivity contribution is 0.0748. The van der Waals surface area contributed by atoms with Gasteiger partial charge in [0, 0.05) is 13.1 Å². The van der Waals surface area contributed by atoms with Crippen LogP contribution in [0.3, 0.4) is 0 Å². The zero-order valence-corrected chi connectivity index (χ0v) is 12.2. The van der Waals surface area contributed by atoms with Gasteiger partial charge in [-0.05, 0) is 30.7 Å². The van der Waals surface area contributed by atoms with Gasteiger partial charge in [-0.3, -0.25) is 4.79 Å². The highest BCUT2D eigenvalue weighted by Gasteiger charge is 2.19. The minimum atomic E-state index is -0.449. The second kappa shape index (κ2) is 6.88. The fraction of sp³-hybridized carbons (Fsp3) is 0.235. The van der Waals surface area contributed by atoms with Crippen molar-refractivity contribution in [2.75, 3.05) is 13.7 Å². The van der Waals surface area contributed by atoms with E-state index in [0.29, 0.717) is 18.8 Å². The van der Waals surface area contributed by atoms with Crippen LogP contribution in [0.25, 0.3) is 0 Å². The Hall–Kier alpha value is -2.36. The van der Waals surface area contributed by atoms with Crippen LogP contribution in [0.2, 0.25) is 0 Å². The maximum atomic E-state index is 13.4. The summed E-state index contributed by atoms with van der Waals surface area (Å²) >= 11 is 0. The zero-order valence-electron chi connectivity index (χ0n) is 12.2. The van der Waals surface area contributed by atoms with Gasteiger partial charge in [-0.25, -0.2) is 4.39 Å². The number of carbonyl (C=O) groups excluding carboxylic acids is 1. The van der Waals surface area contributed by atoms with Crippen molar-refractivity contribution in [2.24, 2.45) is 0 Å². The predicted molar refractivity (Wildman–Crippen MR) is 79.8 cm³/mol. The summed E-state index contributed by atoms with van der Waals surface area (Å²) in [6, 6.07) is 13.7. The molecule has 0 aliphatic heterocycles. The van der Waals surface area contributed by atoms with Crippen molar-refractivity contribution in [3.05, 3.63) is 65.5 Å². The summed E-state index contributed by atoms with van der Waals surface area (Å²) in [5.74, 6) is -0.305. The molecule has 0 bridgehead atoms. The quantitative estimate of drug-likeness (QED) is 0.842. The summed E-state index contributed by atoms with van der Waals surface area (Å²) in [5, 5.41) is 0. The molecule has 0 saturated carbocycles. The molecule has 0 fully saturated rings. The largest absolute Gasteiger partial charge is 0.496 e. The van der Waals surface area contributed by atoms with E-state index in [-0.39, 0.29) is 11.5 Å². The molecule has 0 N–H and O–H groups in total. The number of hydrogen-bond acceptors (Lipinski definition) is 2. The van der Waals surface area contributed by atoms with Crippen LogP contribution in [0.1, 0.15) is 22.8 Å². The van der Waals surface area contributed by atoms with Gasteiger partial charge in [-0.15, -0.1) is 0 Å². The van der Waals surface area contributed by atoms with Gasteiger partial charge in [0.1, 0.15) is 11.6 Å². The summed E-state index contributed by atoms with van der Waals surface area (Å²) in [5.41, 5.74) is 1.28. The van der Waals surface area contributed by atoms with Crippen LogP contribution >= 0.6 is 0 Å². The molecule has 1 amide bonds. The normalized spacial score (nSPS) is 10.2. The van der Waals surface area contributed by atoms with E-state index >= 15 is 0 Å². The van der Waals surface area contributed by atoms with E-state index in [1.54, 1.807) is 4.90 Å². The van der Waals surface area contributed by atoms with E-state index in [2.05, 4.69) is 0 Å². The fourth-order valence-corrected chi connectivity index (χ4v) is 2.15. The number of benzene rings is 2. The molecule has 0 unspecified atom stereocenters. The van der Waals surface area contributed by atoms with E-state index in [9.17, 15) is 9.18 Å². The first-order valence-corrected chi connectivity index (χ1v) is 6.82. The van der Waals surface area contributed by atoms with Crippen LogP contribution in [-0.2, 0) is 6.54 Å². The van der Waals surface area contributed by atoms with Crippen molar-refractivity contribution in [1.29, 1.82) is 0 Å². The molecule has 0 spiro atoms. The van der Waals surface area contributed by atoms with Crippen LogP contribution in [0.4, 0.5) is 4.39 Å². The van der Waals surface area contributed by atoms with E-state index in [1.165, 1.54) is 25.3 Å². The van der Waals surface area contributed by atoms with Crippen molar-refractivity contribution < 1.29 is 13.9 Å². The number of amides is 1. The third kappa shape index (κ3) is 3.60. The first-order chi connectivity index (χ1) is 10.2. The molecule has 3 nitrogen and oxygen atoms in total.